The number of halogens is 1. The van der Waals surface area contributed by atoms with Gasteiger partial charge in [0, 0.05) is 29.6 Å². The molecular weight excluding hydrogens is 398 g/mol. The zero-order valence-corrected chi connectivity index (χ0v) is 17.9. The van der Waals surface area contributed by atoms with Crippen molar-refractivity contribution in [1.29, 1.82) is 0 Å². The Balaban J connectivity index is 1.28. The minimum Gasteiger partial charge on any atom is -0.441 e. The van der Waals surface area contributed by atoms with Crippen LogP contribution in [-0.4, -0.2) is 28.9 Å². The van der Waals surface area contributed by atoms with Crippen LogP contribution in [0, 0.1) is 12.8 Å². The van der Waals surface area contributed by atoms with Gasteiger partial charge in [0.1, 0.15) is 5.76 Å². The highest BCUT2D eigenvalue weighted by Gasteiger charge is 2.26. The average molecular weight is 424 g/mol. The Bertz CT molecular complexity index is 977. The molecule has 156 valence electrons. The molecule has 0 aliphatic carbocycles. The molecular formula is C24H26ClN3O2. The summed E-state index contributed by atoms with van der Waals surface area (Å²) in [7, 11) is 0. The van der Waals surface area contributed by atoms with E-state index < -0.39 is 0 Å². The first-order chi connectivity index (χ1) is 14.6. The monoisotopic (exact) mass is 423 g/mol. The minimum absolute atomic E-state index is 0.0768. The molecule has 1 fully saturated rings. The Labute approximate surface area is 182 Å². The number of nitrogens with zero attached hydrogens (tertiary/aromatic N) is 2. The number of likely N-dealkylation sites (tertiary alicyclic amines) is 1. The molecule has 6 heteroatoms. The number of rotatable bonds is 6. The van der Waals surface area contributed by atoms with E-state index in [0.717, 1.165) is 55.1 Å². The molecule has 2 aromatic carbocycles. The molecule has 0 unspecified atom stereocenters. The van der Waals surface area contributed by atoms with E-state index in [2.05, 4.69) is 10.2 Å². The summed E-state index contributed by atoms with van der Waals surface area (Å²) in [5.74, 6) is 1.69. The molecule has 0 spiro atoms. The molecule has 3 aromatic rings. The average Bonchev–Trinajstić information content (AvgIpc) is 3.14. The number of carbonyl (C=O) groups excluding carboxylic acids is 1. The van der Waals surface area contributed by atoms with Gasteiger partial charge < -0.3 is 9.73 Å². The molecule has 0 saturated carbocycles. The lowest BCUT2D eigenvalue weighted by Gasteiger charge is -2.30. The summed E-state index contributed by atoms with van der Waals surface area (Å²) >= 11 is 5.96. The van der Waals surface area contributed by atoms with Gasteiger partial charge in [0.25, 0.3) is 0 Å². The van der Waals surface area contributed by atoms with E-state index in [1.807, 2.05) is 61.5 Å². The predicted octanol–water partition coefficient (Wildman–Crippen LogP) is 4.83. The first-order valence-corrected chi connectivity index (χ1v) is 10.7. The van der Waals surface area contributed by atoms with Gasteiger partial charge in [0.2, 0.25) is 11.8 Å². The van der Waals surface area contributed by atoms with Gasteiger partial charge in [-0.1, -0.05) is 41.9 Å². The van der Waals surface area contributed by atoms with E-state index in [1.54, 1.807) is 0 Å². The summed E-state index contributed by atoms with van der Waals surface area (Å²) < 4.78 is 5.87. The fourth-order valence-electron chi connectivity index (χ4n) is 3.79. The minimum atomic E-state index is 0.0768. The molecule has 0 radical (unpaired) electrons. The van der Waals surface area contributed by atoms with Crippen LogP contribution in [0.15, 0.2) is 59.0 Å². The fraction of sp³-hybridized carbons (Fsp3) is 0.333. The topological polar surface area (TPSA) is 58.4 Å². The number of aryl methyl sites for hydroxylation is 1. The normalized spacial score (nSPS) is 15.3. The predicted molar refractivity (Wildman–Crippen MR) is 118 cm³/mol. The number of amides is 1. The molecule has 4 rings (SSSR count). The standard InChI is InChI=1S/C24H26ClN3O2/c1-17-22(27-24(30-17)20-7-9-21(25)10-8-20)16-28-13-11-19(12-14-28)23(29)26-15-18-5-3-2-4-6-18/h2-10,19H,11-16H2,1H3,(H,26,29). The molecule has 30 heavy (non-hydrogen) atoms. The van der Waals surface area contributed by atoms with Gasteiger partial charge >= 0.3 is 0 Å². The van der Waals surface area contributed by atoms with Gasteiger partial charge in [-0.2, -0.15) is 0 Å². The smallest absolute Gasteiger partial charge is 0.226 e. The summed E-state index contributed by atoms with van der Waals surface area (Å²) in [5, 5.41) is 3.77. The molecule has 1 N–H and O–H groups in total. The van der Waals surface area contributed by atoms with E-state index in [0.29, 0.717) is 17.5 Å². The van der Waals surface area contributed by atoms with Crippen molar-refractivity contribution in [2.24, 2.45) is 5.92 Å². The first kappa shape index (κ1) is 20.6. The molecule has 2 heterocycles. The van der Waals surface area contributed by atoms with E-state index in [9.17, 15) is 4.79 Å². The van der Waals surface area contributed by atoms with Crippen molar-refractivity contribution in [3.05, 3.63) is 76.6 Å². The highest BCUT2D eigenvalue weighted by Crippen LogP contribution is 2.25. The molecule has 1 amide bonds. The number of nitrogens with one attached hydrogen (secondary N) is 1. The second-order valence-corrected chi connectivity index (χ2v) is 8.22. The first-order valence-electron chi connectivity index (χ1n) is 10.3. The molecule has 1 aliphatic rings. The molecule has 0 atom stereocenters. The van der Waals surface area contributed by atoms with Crippen molar-refractivity contribution < 1.29 is 9.21 Å². The van der Waals surface area contributed by atoms with Crippen LogP contribution in [0.4, 0.5) is 0 Å². The number of oxazole rings is 1. The lowest BCUT2D eigenvalue weighted by molar-refractivity contribution is -0.126. The SMILES string of the molecule is Cc1oc(-c2ccc(Cl)cc2)nc1CN1CCC(C(=O)NCc2ccccc2)CC1. The molecule has 1 aromatic heterocycles. The maximum atomic E-state index is 12.5. The maximum absolute atomic E-state index is 12.5. The zero-order valence-electron chi connectivity index (χ0n) is 17.1. The number of aromatic nitrogens is 1. The van der Waals surface area contributed by atoms with Gasteiger partial charge in [-0.25, -0.2) is 4.98 Å². The van der Waals surface area contributed by atoms with Gasteiger partial charge in [-0.05, 0) is 62.7 Å². The summed E-state index contributed by atoms with van der Waals surface area (Å²) in [5.41, 5.74) is 3.00. The van der Waals surface area contributed by atoms with Crippen molar-refractivity contribution >= 4 is 17.5 Å². The third-order valence-electron chi connectivity index (χ3n) is 5.63. The van der Waals surface area contributed by atoms with Crippen LogP contribution in [0.3, 0.4) is 0 Å². The lowest BCUT2D eigenvalue weighted by atomic mass is 9.95. The van der Waals surface area contributed by atoms with Crippen molar-refractivity contribution in [1.82, 2.24) is 15.2 Å². The Morgan fingerprint density at radius 1 is 1.13 bits per heavy atom. The second kappa shape index (κ2) is 9.45. The highest BCUT2D eigenvalue weighted by molar-refractivity contribution is 6.30. The summed E-state index contributed by atoms with van der Waals surface area (Å²) in [4.78, 5) is 19.5. The third-order valence-corrected chi connectivity index (χ3v) is 5.88. The van der Waals surface area contributed by atoms with Crippen LogP contribution in [0.1, 0.15) is 29.9 Å². The van der Waals surface area contributed by atoms with Gasteiger partial charge in [-0.15, -0.1) is 0 Å². The number of hydrogen-bond donors (Lipinski definition) is 1. The molecule has 0 bridgehead atoms. The lowest BCUT2D eigenvalue weighted by Crippen LogP contribution is -2.40. The van der Waals surface area contributed by atoms with Crippen LogP contribution < -0.4 is 5.32 Å². The maximum Gasteiger partial charge on any atom is 0.226 e. The third kappa shape index (κ3) is 5.10. The number of benzene rings is 2. The zero-order chi connectivity index (χ0) is 20.9. The van der Waals surface area contributed by atoms with E-state index in [1.165, 1.54) is 0 Å². The van der Waals surface area contributed by atoms with Crippen molar-refractivity contribution in [2.45, 2.75) is 32.9 Å². The van der Waals surface area contributed by atoms with Crippen LogP contribution in [0.25, 0.3) is 11.5 Å². The highest BCUT2D eigenvalue weighted by atomic mass is 35.5. The molecule has 1 saturated heterocycles. The van der Waals surface area contributed by atoms with E-state index in [4.69, 9.17) is 21.0 Å². The van der Waals surface area contributed by atoms with Crippen molar-refractivity contribution in [2.75, 3.05) is 13.1 Å². The number of piperidine rings is 1. The largest absolute Gasteiger partial charge is 0.441 e. The van der Waals surface area contributed by atoms with Gasteiger partial charge in [0.05, 0.1) is 5.69 Å². The quantitative estimate of drug-likeness (QED) is 0.616. The molecule has 1 aliphatic heterocycles. The summed E-state index contributed by atoms with van der Waals surface area (Å²) in [6.07, 6.45) is 1.73. The number of carbonyl (C=O) groups is 1. The van der Waals surface area contributed by atoms with Crippen LogP contribution in [-0.2, 0) is 17.9 Å². The van der Waals surface area contributed by atoms with E-state index >= 15 is 0 Å². The van der Waals surface area contributed by atoms with E-state index in [-0.39, 0.29) is 11.8 Å². The summed E-state index contributed by atoms with van der Waals surface area (Å²) in [6.45, 7) is 5.04. The van der Waals surface area contributed by atoms with Crippen molar-refractivity contribution in [3.8, 4) is 11.5 Å². The van der Waals surface area contributed by atoms with Crippen molar-refractivity contribution in [3.63, 3.8) is 0 Å². The Morgan fingerprint density at radius 3 is 2.53 bits per heavy atom. The fourth-order valence-corrected chi connectivity index (χ4v) is 3.91. The van der Waals surface area contributed by atoms with Crippen LogP contribution in [0.2, 0.25) is 5.02 Å². The Hall–Kier alpha value is -2.63. The molecule has 5 nitrogen and oxygen atoms in total. The van der Waals surface area contributed by atoms with Gasteiger partial charge in [0.15, 0.2) is 0 Å². The van der Waals surface area contributed by atoms with Crippen LogP contribution in [0.5, 0.6) is 0 Å². The Morgan fingerprint density at radius 2 is 1.83 bits per heavy atom. The van der Waals surface area contributed by atoms with Crippen LogP contribution >= 0.6 is 11.6 Å². The number of hydrogen-bond acceptors (Lipinski definition) is 4. The Kier molecular flexibility index (Phi) is 6.50. The summed E-state index contributed by atoms with van der Waals surface area (Å²) in [6, 6.07) is 17.5. The second-order valence-electron chi connectivity index (χ2n) is 7.78. The van der Waals surface area contributed by atoms with Gasteiger partial charge in [-0.3, -0.25) is 9.69 Å².